The van der Waals surface area contributed by atoms with Gasteiger partial charge >= 0.3 is 0 Å². The van der Waals surface area contributed by atoms with Gasteiger partial charge in [0.25, 0.3) is 0 Å². The van der Waals surface area contributed by atoms with Crippen LogP contribution < -0.4 is 11.1 Å². The number of aryl methyl sites for hydroxylation is 2. The van der Waals surface area contributed by atoms with Crippen molar-refractivity contribution in [2.24, 2.45) is 5.73 Å². The summed E-state index contributed by atoms with van der Waals surface area (Å²) in [5.74, 6) is -0.167. The highest BCUT2D eigenvalue weighted by atomic mass is 79.9. The number of hydrogen-bond acceptors (Lipinski definition) is 2. The minimum Gasteiger partial charge on any atom is -0.325 e. The molecule has 0 saturated carbocycles. The Morgan fingerprint density at radius 2 is 1.76 bits per heavy atom. The van der Waals surface area contributed by atoms with Crippen LogP contribution >= 0.6 is 15.9 Å². The molecule has 0 aliphatic rings. The summed E-state index contributed by atoms with van der Waals surface area (Å²) in [6.07, 6.45) is 0.529. The van der Waals surface area contributed by atoms with E-state index in [1.165, 1.54) is 0 Å². The molecule has 21 heavy (non-hydrogen) atoms. The van der Waals surface area contributed by atoms with Crippen molar-refractivity contribution in [2.75, 3.05) is 5.32 Å². The maximum absolute atomic E-state index is 12.2. The average Bonchev–Trinajstić information content (AvgIpc) is 2.45. The normalized spacial score (nSPS) is 12.0. The first-order valence-electron chi connectivity index (χ1n) is 6.84. The first-order valence-corrected chi connectivity index (χ1v) is 7.64. The Morgan fingerprint density at radius 1 is 1.19 bits per heavy atom. The van der Waals surface area contributed by atoms with Crippen molar-refractivity contribution >= 4 is 27.5 Å². The summed E-state index contributed by atoms with van der Waals surface area (Å²) in [5, 5.41) is 2.89. The van der Waals surface area contributed by atoms with Crippen LogP contribution in [0.15, 0.2) is 46.9 Å². The summed E-state index contributed by atoms with van der Waals surface area (Å²) in [7, 11) is 0. The number of nitrogens with two attached hydrogens (primary N) is 1. The second-order valence-electron chi connectivity index (χ2n) is 5.21. The number of rotatable bonds is 4. The van der Waals surface area contributed by atoms with Crippen LogP contribution in [0.5, 0.6) is 0 Å². The van der Waals surface area contributed by atoms with Crippen LogP contribution in [0.25, 0.3) is 0 Å². The molecule has 0 spiro atoms. The standard InChI is InChI=1S/C17H19BrN2O/c1-11-8-14(9-12(2)16(11)18)20-17(21)15(19)10-13-6-4-3-5-7-13/h3-9,15H,10,19H2,1-2H3,(H,20,21)/t15-/m0/s1. The smallest absolute Gasteiger partial charge is 0.241 e. The van der Waals surface area contributed by atoms with E-state index in [4.69, 9.17) is 5.73 Å². The highest BCUT2D eigenvalue weighted by molar-refractivity contribution is 9.10. The highest BCUT2D eigenvalue weighted by Crippen LogP contribution is 2.25. The molecule has 2 aromatic rings. The Balaban J connectivity index is 2.04. The SMILES string of the molecule is Cc1cc(NC(=O)[C@@H](N)Cc2ccccc2)cc(C)c1Br. The number of benzene rings is 2. The predicted octanol–water partition coefficient (Wildman–Crippen LogP) is 3.57. The molecule has 0 aliphatic carbocycles. The summed E-state index contributed by atoms with van der Waals surface area (Å²) >= 11 is 3.52. The summed E-state index contributed by atoms with van der Waals surface area (Å²) < 4.78 is 1.06. The Morgan fingerprint density at radius 3 is 2.33 bits per heavy atom. The van der Waals surface area contributed by atoms with E-state index < -0.39 is 6.04 Å². The molecule has 0 fully saturated rings. The molecule has 1 amide bonds. The third-order valence-electron chi connectivity index (χ3n) is 3.34. The lowest BCUT2D eigenvalue weighted by molar-refractivity contribution is -0.117. The monoisotopic (exact) mass is 346 g/mol. The molecule has 1 atom stereocenters. The lowest BCUT2D eigenvalue weighted by Gasteiger charge is -2.14. The second kappa shape index (κ2) is 6.87. The van der Waals surface area contributed by atoms with Gasteiger partial charge in [-0.1, -0.05) is 46.3 Å². The third-order valence-corrected chi connectivity index (χ3v) is 4.59. The van der Waals surface area contributed by atoms with Crippen molar-refractivity contribution in [3.05, 3.63) is 63.6 Å². The quantitative estimate of drug-likeness (QED) is 0.888. The van der Waals surface area contributed by atoms with Gasteiger partial charge < -0.3 is 11.1 Å². The molecule has 0 aromatic heterocycles. The number of carbonyl (C=O) groups is 1. The van der Waals surface area contributed by atoms with Gasteiger partial charge in [0.2, 0.25) is 5.91 Å². The minimum atomic E-state index is -0.559. The van der Waals surface area contributed by atoms with Crippen molar-refractivity contribution in [2.45, 2.75) is 26.3 Å². The maximum atomic E-state index is 12.2. The first-order chi connectivity index (χ1) is 9.97. The average molecular weight is 347 g/mol. The fourth-order valence-electron chi connectivity index (χ4n) is 2.21. The molecule has 2 rings (SSSR count). The van der Waals surface area contributed by atoms with Crippen molar-refractivity contribution in [1.82, 2.24) is 0 Å². The Bertz CT molecular complexity index is 617. The Hall–Kier alpha value is -1.65. The molecule has 0 bridgehead atoms. The van der Waals surface area contributed by atoms with E-state index in [-0.39, 0.29) is 5.91 Å². The first kappa shape index (κ1) is 15.7. The molecular formula is C17H19BrN2O. The number of anilines is 1. The van der Waals surface area contributed by atoms with E-state index in [0.29, 0.717) is 6.42 Å². The third kappa shape index (κ3) is 4.16. The van der Waals surface area contributed by atoms with E-state index in [1.54, 1.807) is 0 Å². The molecule has 3 N–H and O–H groups in total. The molecule has 0 aliphatic heterocycles. The van der Waals surface area contributed by atoms with Crippen LogP contribution in [0.1, 0.15) is 16.7 Å². The second-order valence-corrected chi connectivity index (χ2v) is 6.00. The number of nitrogens with one attached hydrogen (secondary N) is 1. The number of amides is 1. The van der Waals surface area contributed by atoms with Crippen molar-refractivity contribution in [1.29, 1.82) is 0 Å². The van der Waals surface area contributed by atoms with E-state index in [2.05, 4.69) is 21.2 Å². The lowest BCUT2D eigenvalue weighted by Crippen LogP contribution is -2.37. The molecule has 3 nitrogen and oxygen atoms in total. The van der Waals surface area contributed by atoms with E-state index in [0.717, 1.165) is 26.9 Å². The maximum Gasteiger partial charge on any atom is 0.241 e. The van der Waals surface area contributed by atoms with Gasteiger partial charge in [-0.25, -0.2) is 0 Å². The number of halogens is 1. The van der Waals surface area contributed by atoms with Gasteiger partial charge in [-0.15, -0.1) is 0 Å². The Labute approximate surface area is 133 Å². The summed E-state index contributed by atoms with van der Waals surface area (Å²) in [6.45, 7) is 3.99. The van der Waals surface area contributed by atoms with Gasteiger partial charge in [-0.3, -0.25) is 4.79 Å². The van der Waals surface area contributed by atoms with Gasteiger partial charge in [-0.05, 0) is 49.1 Å². The predicted molar refractivity (Wildman–Crippen MR) is 90.4 cm³/mol. The van der Waals surface area contributed by atoms with Gasteiger partial charge in [-0.2, -0.15) is 0 Å². The van der Waals surface area contributed by atoms with Crippen molar-refractivity contribution in [3.63, 3.8) is 0 Å². The summed E-state index contributed by atoms with van der Waals surface area (Å²) in [5.41, 5.74) is 9.99. The zero-order valence-electron chi connectivity index (χ0n) is 12.2. The topological polar surface area (TPSA) is 55.1 Å². The molecule has 2 aromatic carbocycles. The van der Waals surface area contributed by atoms with Crippen LogP contribution in [-0.2, 0) is 11.2 Å². The summed E-state index contributed by atoms with van der Waals surface area (Å²) in [6, 6.07) is 13.1. The van der Waals surface area contributed by atoms with Gasteiger partial charge in [0.05, 0.1) is 6.04 Å². The van der Waals surface area contributed by atoms with Crippen LogP contribution in [-0.4, -0.2) is 11.9 Å². The molecular weight excluding hydrogens is 328 g/mol. The summed E-state index contributed by atoms with van der Waals surface area (Å²) in [4.78, 5) is 12.2. The molecule has 4 heteroatoms. The molecule has 0 radical (unpaired) electrons. The molecule has 110 valence electrons. The van der Waals surface area contributed by atoms with Crippen molar-refractivity contribution in [3.8, 4) is 0 Å². The van der Waals surface area contributed by atoms with Crippen molar-refractivity contribution < 1.29 is 4.79 Å². The Kier molecular flexibility index (Phi) is 5.15. The van der Waals surface area contributed by atoms with Gasteiger partial charge in [0.1, 0.15) is 0 Å². The van der Waals surface area contributed by atoms with Crippen LogP contribution in [0.3, 0.4) is 0 Å². The minimum absolute atomic E-state index is 0.167. The molecule has 0 unspecified atom stereocenters. The lowest BCUT2D eigenvalue weighted by atomic mass is 10.1. The van der Waals surface area contributed by atoms with Crippen LogP contribution in [0, 0.1) is 13.8 Å². The van der Waals surface area contributed by atoms with E-state index in [9.17, 15) is 4.79 Å². The van der Waals surface area contributed by atoms with E-state index in [1.807, 2.05) is 56.3 Å². The van der Waals surface area contributed by atoms with E-state index >= 15 is 0 Å². The zero-order chi connectivity index (χ0) is 15.4. The molecule has 0 saturated heterocycles. The largest absolute Gasteiger partial charge is 0.325 e. The van der Waals surface area contributed by atoms with Crippen LogP contribution in [0.2, 0.25) is 0 Å². The number of carbonyl (C=O) groups excluding carboxylic acids is 1. The number of hydrogen-bond donors (Lipinski definition) is 2. The highest BCUT2D eigenvalue weighted by Gasteiger charge is 2.15. The van der Waals surface area contributed by atoms with Gasteiger partial charge in [0.15, 0.2) is 0 Å². The molecule has 0 heterocycles. The zero-order valence-corrected chi connectivity index (χ0v) is 13.8. The fraction of sp³-hybridized carbons (Fsp3) is 0.235. The fourth-order valence-corrected chi connectivity index (χ4v) is 2.44. The van der Waals surface area contributed by atoms with Crippen LogP contribution in [0.4, 0.5) is 5.69 Å². The van der Waals surface area contributed by atoms with Gasteiger partial charge in [0, 0.05) is 10.2 Å².